The molecule has 0 bridgehead atoms. The lowest BCUT2D eigenvalue weighted by molar-refractivity contribution is -0.113. The van der Waals surface area contributed by atoms with Crippen molar-refractivity contribution in [3.05, 3.63) is 76.7 Å². The zero-order chi connectivity index (χ0) is 22.5. The van der Waals surface area contributed by atoms with E-state index in [1.54, 1.807) is 31.6 Å². The van der Waals surface area contributed by atoms with E-state index in [1.807, 2.05) is 41.0 Å². The molecule has 7 nitrogen and oxygen atoms in total. The van der Waals surface area contributed by atoms with Crippen LogP contribution in [0.5, 0.6) is 5.75 Å². The third-order valence-corrected chi connectivity index (χ3v) is 6.20. The summed E-state index contributed by atoms with van der Waals surface area (Å²) in [6, 6.07) is 16.2. The number of rotatable bonds is 8. The van der Waals surface area contributed by atoms with Crippen LogP contribution in [0, 0.1) is 0 Å². The highest BCUT2D eigenvalue weighted by molar-refractivity contribution is 7.99. The normalized spacial score (nSPS) is 10.8. The average molecular weight is 489 g/mol. The quantitative estimate of drug-likeness (QED) is 0.323. The van der Waals surface area contributed by atoms with E-state index in [1.165, 1.54) is 11.8 Å². The number of hydrogen-bond acceptors (Lipinski definition) is 6. The minimum atomic E-state index is -0.209. The van der Waals surface area contributed by atoms with Crippen LogP contribution in [0.1, 0.15) is 5.76 Å². The van der Waals surface area contributed by atoms with Crippen molar-refractivity contribution < 1.29 is 13.9 Å². The second-order valence-corrected chi connectivity index (χ2v) is 8.39. The number of nitrogens with zero attached hydrogens (tertiary/aromatic N) is 3. The van der Waals surface area contributed by atoms with E-state index in [0.29, 0.717) is 39.0 Å². The van der Waals surface area contributed by atoms with Gasteiger partial charge in [0.2, 0.25) is 5.91 Å². The van der Waals surface area contributed by atoms with Gasteiger partial charge < -0.3 is 14.5 Å². The number of aromatic nitrogens is 3. The van der Waals surface area contributed by atoms with Gasteiger partial charge in [-0.25, -0.2) is 0 Å². The number of amides is 1. The van der Waals surface area contributed by atoms with Gasteiger partial charge in [-0.2, -0.15) is 0 Å². The maximum absolute atomic E-state index is 12.5. The van der Waals surface area contributed by atoms with Crippen molar-refractivity contribution in [1.82, 2.24) is 14.8 Å². The number of benzene rings is 2. The minimum absolute atomic E-state index is 0.127. The SMILES string of the molecule is COc1ccccc1-c1nnc(SCC(=O)Nc2ccc(Cl)c(Cl)c2)n1Cc1ccco1. The van der Waals surface area contributed by atoms with Gasteiger partial charge in [0, 0.05) is 5.69 Å². The van der Waals surface area contributed by atoms with Crippen LogP contribution in [0.25, 0.3) is 11.4 Å². The molecule has 2 aromatic carbocycles. The Morgan fingerprint density at radius 2 is 1.97 bits per heavy atom. The first-order chi connectivity index (χ1) is 15.5. The summed E-state index contributed by atoms with van der Waals surface area (Å²) in [6.07, 6.45) is 1.61. The molecule has 1 amide bonds. The maximum Gasteiger partial charge on any atom is 0.234 e. The monoisotopic (exact) mass is 488 g/mol. The molecule has 0 aliphatic heterocycles. The first-order valence-electron chi connectivity index (χ1n) is 9.52. The Labute approximate surface area is 198 Å². The topological polar surface area (TPSA) is 82.2 Å². The van der Waals surface area contributed by atoms with Gasteiger partial charge in [-0.3, -0.25) is 9.36 Å². The molecule has 0 aliphatic rings. The van der Waals surface area contributed by atoms with Crippen LogP contribution in [-0.4, -0.2) is 33.5 Å². The number of para-hydroxylation sites is 1. The fraction of sp³-hybridized carbons (Fsp3) is 0.136. The van der Waals surface area contributed by atoms with Crippen molar-refractivity contribution in [2.45, 2.75) is 11.7 Å². The largest absolute Gasteiger partial charge is 0.496 e. The number of hydrogen-bond donors (Lipinski definition) is 1. The van der Waals surface area contributed by atoms with Crippen molar-refractivity contribution in [3.8, 4) is 17.1 Å². The fourth-order valence-electron chi connectivity index (χ4n) is 3.03. The molecular formula is C22H18Cl2N4O3S. The van der Waals surface area contributed by atoms with Crippen LogP contribution >= 0.6 is 35.0 Å². The Bertz CT molecular complexity index is 1230. The predicted molar refractivity (Wildman–Crippen MR) is 126 cm³/mol. The molecule has 0 fully saturated rings. The van der Waals surface area contributed by atoms with Crippen LogP contribution in [0.2, 0.25) is 10.0 Å². The number of carbonyl (C=O) groups is 1. The Kier molecular flexibility index (Phi) is 7.04. The first-order valence-corrected chi connectivity index (χ1v) is 11.3. The number of ether oxygens (including phenoxy) is 1. The smallest absolute Gasteiger partial charge is 0.234 e. The standard InChI is InChI=1S/C22H18Cl2N4O3S/c1-30-19-7-3-2-6-16(19)21-26-27-22(28(21)12-15-5-4-10-31-15)32-13-20(29)25-14-8-9-17(23)18(24)11-14/h2-11H,12-13H2,1H3,(H,25,29). The van der Waals surface area contributed by atoms with E-state index >= 15 is 0 Å². The molecule has 164 valence electrons. The predicted octanol–water partition coefficient (Wildman–Crippen LogP) is 5.63. The fourth-order valence-corrected chi connectivity index (χ4v) is 4.06. The van der Waals surface area contributed by atoms with Crippen LogP contribution < -0.4 is 10.1 Å². The minimum Gasteiger partial charge on any atom is -0.496 e. The van der Waals surface area contributed by atoms with Crippen molar-refractivity contribution in [2.24, 2.45) is 0 Å². The van der Waals surface area contributed by atoms with Crippen LogP contribution in [0.4, 0.5) is 5.69 Å². The van der Waals surface area contributed by atoms with Gasteiger partial charge in [0.1, 0.15) is 11.5 Å². The molecular weight excluding hydrogens is 471 g/mol. The number of methoxy groups -OCH3 is 1. The van der Waals surface area contributed by atoms with Gasteiger partial charge in [-0.15, -0.1) is 10.2 Å². The molecule has 32 heavy (non-hydrogen) atoms. The molecule has 0 radical (unpaired) electrons. The van der Waals surface area contributed by atoms with Gasteiger partial charge >= 0.3 is 0 Å². The maximum atomic E-state index is 12.5. The summed E-state index contributed by atoms with van der Waals surface area (Å²) in [4.78, 5) is 12.5. The number of thioether (sulfide) groups is 1. The summed E-state index contributed by atoms with van der Waals surface area (Å²) in [5, 5.41) is 12.9. The van der Waals surface area contributed by atoms with Crippen LogP contribution in [0.3, 0.4) is 0 Å². The van der Waals surface area contributed by atoms with Crippen molar-refractivity contribution in [3.63, 3.8) is 0 Å². The number of furan rings is 1. The summed E-state index contributed by atoms with van der Waals surface area (Å²) >= 11 is 13.2. The lowest BCUT2D eigenvalue weighted by atomic mass is 10.2. The van der Waals surface area contributed by atoms with E-state index in [-0.39, 0.29) is 11.7 Å². The lowest BCUT2D eigenvalue weighted by Crippen LogP contribution is -2.14. The molecule has 0 unspecified atom stereocenters. The summed E-state index contributed by atoms with van der Waals surface area (Å²) < 4.78 is 12.9. The summed E-state index contributed by atoms with van der Waals surface area (Å²) in [6.45, 7) is 0.407. The molecule has 1 N–H and O–H groups in total. The van der Waals surface area contributed by atoms with Crippen molar-refractivity contribution in [2.75, 3.05) is 18.2 Å². The first kappa shape index (κ1) is 22.3. The molecule has 10 heteroatoms. The van der Waals surface area contributed by atoms with Crippen LogP contribution in [0.15, 0.2) is 70.4 Å². The zero-order valence-electron chi connectivity index (χ0n) is 16.9. The van der Waals surface area contributed by atoms with Gasteiger partial charge in [0.25, 0.3) is 0 Å². The number of anilines is 1. The zero-order valence-corrected chi connectivity index (χ0v) is 19.2. The van der Waals surface area contributed by atoms with Crippen molar-refractivity contribution in [1.29, 1.82) is 0 Å². The molecule has 2 heterocycles. The molecule has 4 aromatic rings. The van der Waals surface area contributed by atoms with E-state index in [0.717, 1.165) is 11.3 Å². The van der Waals surface area contributed by atoms with E-state index < -0.39 is 0 Å². The Balaban J connectivity index is 1.56. The Morgan fingerprint density at radius 1 is 1.12 bits per heavy atom. The number of carbonyl (C=O) groups excluding carboxylic acids is 1. The molecule has 4 rings (SSSR count). The third-order valence-electron chi connectivity index (χ3n) is 4.49. The van der Waals surface area contributed by atoms with E-state index in [9.17, 15) is 4.79 Å². The third kappa shape index (κ3) is 5.09. The summed E-state index contributed by atoms with van der Waals surface area (Å²) in [7, 11) is 1.61. The van der Waals surface area contributed by atoms with E-state index in [4.69, 9.17) is 32.4 Å². The molecule has 0 spiro atoms. The van der Waals surface area contributed by atoms with E-state index in [2.05, 4.69) is 15.5 Å². The summed E-state index contributed by atoms with van der Waals surface area (Å²) in [5.74, 6) is 1.95. The Morgan fingerprint density at radius 3 is 2.72 bits per heavy atom. The second kappa shape index (κ2) is 10.1. The average Bonchev–Trinajstić information content (AvgIpc) is 3.45. The van der Waals surface area contributed by atoms with Gasteiger partial charge in [-0.05, 0) is 42.5 Å². The number of halogens is 2. The van der Waals surface area contributed by atoms with Gasteiger partial charge in [-0.1, -0.05) is 47.1 Å². The van der Waals surface area contributed by atoms with Gasteiger partial charge in [0.05, 0.1) is 41.3 Å². The van der Waals surface area contributed by atoms with Crippen molar-refractivity contribution >= 4 is 46.6 Å². The highest BCUT2D eigenvalue weighted by Gasteiger charge is 2.19. The molecule has 0 aliphatic carbocycles. The summed E-state index contributed by atoms with van der Waals surface area (Å²) in [5.41, 5.74) is 1.36. The highest BCUT2D eigenvalue weighted by atomic mass is 35.5. The second-order valence-electron chi connectivity index (χ2n) is 6.64. The van der Waals surface area contributed by atoms with Crippen LogP contribution in [-0.2, 0) is 11.3 Å². The number of nitrogens with one attached hydrogen (secondary N) is 1. The Hall–Kier alpha value is -2.94. The van der Waals surface area contributed by atoms with Gasteiger partial charge in [0.15, 0.2) is 11.0 Å². The lowest BCUT2D eigenvalue weighted by Gasteiger charge is -2.11. The molecule has 0 atom stereocenters. The highest BCUT2D eigenvalue weighted by Crippen LogP contribution is 2.32. The molecule has 0 saturated heterocycles. The molecule has 2 aromatic heterocycles. The molecule has 0 saturated carbocycles.